The van der Waals surface area contributed by atoms with Crippen LogP contribution in [-0.4, -0.2) is 0 Å². The minimum atomic E-state index is 0.501. The van der Waals surface area contributed by atoms with Crippen molar-refractivity contribution in [2.75, 3.05) is 0 Å². The van der Waals surface area contributed by atoms with E-state index in [0.29, 0.717) is 5.70 Å². The molecule has 0 atom stereocenters. The molecule has 0 aliphatic heterocycles. The van der Waals surface area contributed by atoms with Crippen LogP contribution in [0.4, 0.5) is 0 Å². The highest BCUT2D eigenvalue weighted by Gasteiger charge is 1.92. The lowest BCUT2D eigenvalue weighted by molar-refractivity contribution is 1.63. The predicted octanol–water partition coefficient (Wildman–Crippen LogP) is 2.58. The molecular formula is C9H7N. The zero-order valence-electron chi connectivity index (χ0n) is 5.54. The van der Waals surface area contributed by atoms with Crippen molar-refractivity contribution in [2.24, 2.45) is 0 Å². The molecule has 0 aliphatic rings. The van der Waals surface area contributed by atoms with Crippen molar-refractivity contribution in [3.05, 3.63) is 53.9 Å². The quantitative estimate of drug-likeness (QED) is 0.513. The monoisotopic (exact) mass is 129 g/mol. The van der Waals surface area contributed by atoms with Crippen molar-refractivity contribution in [3.63, 3.8) is 0 Å². The maximum Gasteiger partial charge on any atom is 0.187 e. The molecule has 0 amide bonds. The first-order valence-corrected chi connectivity index (χ1v) is 2.96. The zero-order chi connectivity index (χ0) is 7.40. The largest absolute Gasteiger partial charge is 0.238 e. The third kappa shape index (κ3) is 1.24. The van der Waals surface area contributed by atoms with Crippen molar-refractivity contribution >= 4 is 5.70 Å². The Labute approximate surface area is 60.4 Å². The molecule has 1 heteroatoms. The third-order valence-electron chi connectivity index (χ3n) is 1.24. The summed E-state index contributed by atoms with van der Waals surface area (Å²) in [5.74, 6) is 0. The van der Waals surface area contributed by atoms with Gasteiger partial charge in [0.05, 0.1) is 6.57 Å². The van der Waals surface area contributed by atoms with Crippen molar-refractivity contribution in [1.82, 2.24) is 0 Å². The Hall–Kier alpha value is -1.55. The summed E-state index contributed by atoms with van der Waals surface area (Å²) in [7, 11) is 0. The van der Waals surface area contributed by atoms with Crippen LogP contribution in [0.15, 0.2) is 36.9 Å². The summed E-state index contributed by atoms with van der Waals surface area (Å²) in [6.45, 7) is 10.3. The molecule has 0 N–H and O–H groups in total. The maximum absolute atomic E-state index is 6.67. The molecule has 0 saturated heterocycles. The Morgan fingerprint density at radius 3 is 2.40 bits per heavy atom. The van der Waals surface area contributed by atoms with Gasteiger partial charge < -0.3 is 0 Å². The van der Waals surface area contributed by atoms with Gasteiger partial charge in [-0.3, -0.25) is 0 Å². The second-order valence-electron chi connectivity index (χ2n) is 1.92. The van der Waals surface area contributed by atoms with E-state index in [-0.39, 0.29) is 0 Å². The van der Waals surface area contributed by atoms with Crippen molar-refractivity contribution < 1.29 is 0 Å². The van der Waals surface area contributed by atoms with Crippen LogP contribution >= 0.6 is 0 Å². The van der Waals surface area contributed by atoms with Crippen LogP contribution in [0, 0.1) is 6.57 Å². The Morgan fingerprint density at radius 2 is 1.90 bits per heavy atom. The molecule has 0 fully saturated rings. The van der Waals surface area contributed by atoms with Crippen LogP contribution < -0.4 is 0 Å². The van der Waals surface area contributed by atoms with Crippen molar-refractivity contribution in [3.8, 4) is 0 Å². The van der Waals surface area contributed by atoms with Crippen LogP contribution in [0.1, 0.15) is 5.56 Å². The van der Waals surface area contributed by atoms with Gasteiger partial charge in [0.25, 0.3) is 0 Å². The van der Waals surface area contributed by atoms with Crippen LogP contribution in [0.5, 0.6) is 0 Å². The van der Waals surface area contributed by atoms with Gasteiger partial charge in [0.15, 0.2) is 5.70 Å². The summed E-state index contributed by atoms with van der Waals surface area (Å²) in [4.78, 5) is 3.21. The minimum absolute atomic E-state index is 0.501. The first kappa shape index (κ1) is 6.57. The second-order valence-corrected chi connectivity index (χ2v) is 1.92. The molecule has 0 spiro atoms. The molecular weight excluding hydrogens is 122 g/mol. The molecule has 0 saturated carbocycles. The number of benzene rings is 1. The fraction of sp³-hybridized carbons (Fsp3) is 0. The van der Waals surface area contributed by atoms with Crippen LogP contribution in [-0.2, 0) is 0 Å². The van der Waals surface area contributed by atoms with E-state index in [1.807, 2.05) is 30.3 Å². The van der Waals surface area contributed by atoms with Gasteiger partial charge in [-0.1, -0.05) is 36.9 Å². The summed E-state index contributed by atoms with van der Waals surface area (Å²) in [6.07, 6.45) is 0. The van der Waals surface area contributed by atoms with Gasteiger partial charge in [0.1, 0.15) is 0 Å². The fourth-order valence-electron chi connectivity index (χ4n) is 0.695. The van der Waals surface area contributed by atoms with E-state index < -0.39 is 0 Å². The summed E-state index contributed by atoms with van der Waals surface area (Å²) in [5, 5.41) is 0. The normalized spacial score (nSPS) is 8.30. The summed E-state index contributed by atoms with van der Waals surface area (Å²) in [6, 6.07) is 9.46. The van der Waals surface area contributed by atoms with Gasteiger partial charge in [0.2, 0.25) is 0 Å². The second kappa shape index (κ2) is 2.84. The molecule has 0 radical (unpaired) electrons. The predicted molar refractivity (Wildman–Crippen MR) is 42.1 cm³/mol. The number of hydrogen-bond acceptors (Lipinski definition) is 0. The van der Waals surface area contributed by atoms with E-state index in [1.54, 1.807) is 0 Å². The minimum Gasteiger partial charge on any atom is -0.238 e. The summed E-state index contributed by atoms with van der Waals surface area (Å²) < 4.78 is 0. The Morgan fingerprint density at radius 1 is 1.30 bits per heavy atom. The molecule has 0 bridgehead atoms. The van der Waals surface area contributed by atoms with Gasteiger partial charge in [-0.15, -0.1) is 0 Å². The highest BCUT2D eigenvalue weighted by molar-refractivity contribution is 5.68. The average Bonchev–Trinajstić information content (AvgIpc) is 2.05. The SMILES string of the molecule is [C-]#[N+]C(=C)c1ccccc1. The Balaban J connectivity index is 2.99. The van der Waals surface area contributed by atoms with Gasteiger partial charge >= 0.3 is 0 Å². The molecule has 48 valence electrons. The standard InChI is InChI=1S/C9H7N/c1-8(10-2)9-6-4-3-5-7-9/h3-7H,1H2. The van der Waals surface area contributed by atoms with E-state index in [4.69, 9.17) is 6.57 Å². The summed E-state index contributed by atoms with van der Waals surface area (Å²) >= 11 is 0. The zero-order valence-corrected chi connectivity index (χ0v) is 5.54. The number of nitrogens with zero attached hydrogens (tertiary/aromatic N) is 1. The van der Waals surface area contributed by atoms with E-state index >= 15 is 0 Å². The lowest BCUT2D eigenvalue weighted by Crippen LogP contribution is -1.72. The number of hydrogen-bond donors (Lipinski definition) is 0. The lowest BCUT2D eigenvalue weighted by Gasteiger charge is -1.92. The Bertz CT molecular complexity index is 267. The smallest absolute Gasteiger partial charge is 0.187 e. The average molecular weight is 129 g/mol. The maximum atomic E-state index is 6.67. The molecule has 1 aromatic carbocycles. The Kier molecular flexibility index (Phi) is 1.86. The van der Waals surface area contributed by atoms with Gasteiger partial charge in [-0.2, -0.15) is 0 Å². The van der Waals surface area contributed by atoms with Crippen LogP contribution in [0.25, 0.3) is 10.5 Å². The highest BCUT2D eigenvalue weighted by atomic mass is 14.6. The molecule has 0 aromatic heterocycles. The molecule has 0 unspecified atom stereocenters. The topological polar surface area (TPSA) is 4.36 Å². The molecule has 1 aromatic rings. The van der Waals surface area contributed by atoms with E-state index in [1.165, 1.54) is 0 Å². The summed E-state index contributed by atoms with van der Waals surface area (Å²) in [5.41, 5.74) is 1.40. The van der Waals surface area contributed by atoms with E-state index in [0.717, 1.165) is 5.56 Å². The van der Waals surface area contributed by atoms with Gasteiger partial charge in [-0.05, 0) is 5.56 Å². The van der Waals surface area contributed by atoms with Crippen molar-refractivity contribution in [2.45, 2.75) is 0 Å². The van der Waals surface area contributed by atoms with Gasteiger partial charge in [-0.25, -0.2) is 4.85 Å². The van der Waals surface area contributed by atoms with Gasteiger partial charge in [0, 0.05) is 0 Å². The first-order valence-electron chi connectivity index (χ1n) is 2.96. The van der Waals surface area contributed by atoms with Crippen LogP contribution in [0.2, 0.25) is 0 Å². The lowest BCUT2D eigenvalue weighted by atomic mass is 10.2. The molecule has 0 heterocycles. The first-order chi connectivity index (χ1) is 4.84. The van der Waals surface area contributed by atoms with Crippen molar-refractivity contribution in [1.29, 1.82) is 0 Å². The molecule has 0 aliphatic carbocycles. The number of rotatable bonds is 1. The fourth-order valence-corrected chi connectivity index (χ4v) is 0.695. The van der Waals surface area contributed by atoms with Crippen LogP contribution in [0.3, 0.4) is 0 Å². The van der Waals surface area contributed by atoms with E-state index in [9.17, 15) is 0 Å². The molecule has 1 rings (SSSR count). The molecule has 1 nitrogen and oxygen atoms in total. The molecule has 10 heavy (non-hydrogen) atoms. The van der Waals surface area contributed by atoms with E-state index in [2.05, 4.69) is 11.4 Å². The third-order valence-corrected chi connectivity index (χ3v) is 1.24. The highest BCUT2D eigenvalue weighted by Crippen LogP contribution is 2.11.